The lowest BCUT2D eigenvalue weighted by atomic mass is 9.75. The number of hydrogen-bond donors (Lipinski definition) is 1. The largest absolute Gasteiger partial charge is 0.341 e. The highest BCUT2D eigenvalue weighted by Gasteiger charge is 2.40. The smallest absolute Gasteiger partial charge is 0.242 e. The first-order chi connectivity index (χ1) is 9.73. The second kappa shape index (κ2) is 6.25. The van der Waals surface area contributed by atoms with E-state index in [9.17, 15) is 4.79 Å². The van der Waals surface area contributed by atoms with E-state index in [1.165, 1.54) is 0 Å². The quantitative estimate of drug-likeness (QED) is 0.846. The summed E-state index contributed by atoms with van der Waals surface area (Å²) >= 11 is 0. The van der Waals surface area contributed by atoms with Gasteiger partial charge in [0.05, 0.1) is 5.54 Å². The molecule has 122 valence electrons. The minimum absolute atomic E-state index is 0.316. The molecule has 1 amide bonds. The molecule has 2 heterocycles. The molecule has 21 heavy (non-hydrogen) atoms. The summed E-state index contributed by atoms with van der Waals surface area (Å²) in [7, 11) is 0. The Labute approximate surface area is 130 Å². The molecule has 2 aliphatic heterocycles. The molecule has 0 aromatic heterocycles. The molecule has 0 radical (unpaired) electrons. The van der Waals surface area contributed by atoms with E-state index in [2.05, 4.69) is 49.7 Å². The van der Waals surface area contributed by atoms with Gasteiger partial charge in [-0.25, -0.2) is 0 Å². The van der Waals surface area contributed by atoms with E-state index in [-0.39, 0.29) is 5.54 Å². The average molecular weight is 295 g/mol. The molecule has 4 nitrogen and oxygen atoms in total. The van der Waals surface area contributed by atoms with Crippen LogP contribution < -0.4 is 5.32 Å². The third-order valence-corrected chi connectivity index (χ3v) is 5.44. The van der Waals surface area contributed by atoms with Crippen molar-refractivity contribution in [2.24, 2.45) is 11.3 Å². The number of piperazine rings is 1. The summed E-state index contributed by atoms with van der Waals surface area (Å²) in [4.78, 5) is 17.4. The fourth-order valence-corrected chi connectivity index (χ4v) is 3.69. The molecule has 0 unspecified atom stereocenters. The number of likely N-dealkylation sites (tertiary alicyclic amines) is 1. The molecule has 2 aliphatic rings. The molecular formula is C17H33N3O. The Hall–Kier alpha value is -0.610. The van der Waals surface area contributed by atoms with Gasteiger partial charge in [0.15, 0.2) is 0 Å². The van der Waals surface area contributed by atoms with Crippen molar-refractivity contribution in [3.63, 3.8) is 0 Å². The van der Waals surface area contributed by atoms with Crippen molar-refractivity contribution < 1.29 is 4.79 Å². The number of amides is 1. The Balaban J connectivity index is 1.94. The zero-order valence-electron chi connectivity index (χ0n) is 14.5. The molecule has 2 rings (SSSR count). The topological polar surface area (TPSA) is 35.6 Å². The van der Waals surface area contributed by atoms with Gasteiger partial charge in [0, 0.05) is 39.3 Å². The number of carbonyl (C=O) groups is 1. The number of nitrogens with zero attached hydrogens (tertiary/aromatic N) is 2. The van der Waals surface area contributed by atoms with Crippen molar-refractivity contribution in [2.45, 2.75) is 53.0 Å². The van der Waals surface area contributed by atoms with Crippen molar-refractivity contribution in [3.8, 4) is 0 Å². The lowest BCUT2D eigenvalue weighted by Crippen LogP contribution is -2.61. The molecule has 0 aromatic carbocycles. The van der Waals surface area contributed by atoms with Crippen LogP contribution in [0.25, 0.3) is 0 Å². The lowest BCUT2D eigenvalue weighted by Gasteiger charge is -2.45. The molecule has 2 saturated heterocycles. The summed E-state index contributed by atoms with van der Waals surface area (Å²) in [6.07, 6.45) is 2.29. The van der Waals surface area contributed by atoms with Crippen LogP contribution in [0.5, 0.6) is 0 Å². The third kappa shape index (κ3) is 3.78. The van der Waals surface area contributed by atoms with Gasteiger partial charge < -0.3 is 10.2 Å². The van der Waals surface area contributed by atoms with E-state index in [0.29, 0.717) is 11.3 Å². The molecule has 0 aliphatic carbocycles. The van der Waals surface area contributed by atoms with Gasteiger partial charge in [-0.1, -0.05) is 20.8 Å². The molecule has 4 heteroatoms. The van der Waals surface area contributed by atoms with E-state index in [1.807, 2.05) is 0 Å². The monoisotopic (exact) mass is 295 g/mol. The predicted octanol–water partition coefficient (Wildman–Crippen LogP) is 1.95. The lowest BCUT2D eigenvalue weighted by molar-refractivity contribution is -0.145. The Kier molecular flexibility index (Phi) is 4.99. The zero-order valence-corrected chi connectivity index (χ0v) is 14.5. The number of piperidine rings is 1. The van der Waals surface area contributed by atoms with Gasteiger partial charge in [-0.05, 0) is 38.0 Å². The second-order valence-corrected chi connectivity index (χ2v) is 8.23. The van der Waals surface area contributed by atoms with Crippen LogP contribution in [0.1, 0.15) is 47.5 Å². The molecule has 2 fully saturated rings. The third-order valence-electron chi connectivity index (χ3n) is 5.44. The van der Waals surface area contributed by atoms with Crippen molar-refractivity contribution >= 4 is 5.91 Å². The Morgan fingerprint density at radius 1 is 0.952 bits per heavy atom. The van der Waals surface area contributed by atoms with Crippen LogP contribution in [0, 0.1) is 11.3 Å². The molecule has 0 aromatic rings. The Morgan fingerprint density at radius 3 is 1.95 bits per heavy atom. The van der Waals surface area contributed by atoms with Gasteiger partial charge in [-0.15, -0.1) is 0 Å². The van der Waals surface area contributed by atoms with Crippen LogP contribution >= 0.6 is 0 Å². The van der Waals surface area contributed by atoms with Gasteiger partial charge in [0.25, 0.3) is 0 Å². The molecule has 0 saturated carbocycles. The van der Waals surface area contributed by atoms with E-state index < -0.39 is 0 Å². The number of nitrogens with one attached hydrogen (secondary N) is 1. The van der Waals surface area contributed by atoms with Crippen LogP contribution in [0.3, 0.4) is 0 Å². The van der Waals surface area contributed by atoms with Crippen LogP contribution in [0.4, 0.5) is 0 Å². The van der Waals surface area contributed by atoms with E-state index >= 15 is 0 Å². The molecule has 0 bridgehead atoms. The van der Waals surface area contributed by atoms with E-state index in [1.54, 1.807) is 0 Å². The highest BCUT2D eigenvalue weighted by molar-refractivity contribution is 5.85. The van der Waals surface area contributed by atoms with Gasteiger partial charge in [-0.3, -0.25) is 9.69 Å². The number of hydrogen-bond acceptors (Lipinski definition) is 3. The second-order valence-electron chi connectivity index (χ2n) is 8.23. The number of carbonyl (C=O) groups excluding carboxylic acids is 1. The maximum Gasteiger partial charge on any atom is 0.242 e. The summed E-state index contributed by atoms with van der Waals surface area (Å²) in [5.74, 6) is 1.06. The van der Waals surface area contributed by atoms with E-state index in [0.717, 1.165) is 58.0 Å². The van der Waals surface area contributed by atoms with Crippen LogP contribution in [0.15, 0.2) is 0 Å². The van der Waals surface area contributed by atoms with Crippen LogP contribution in [-0.2, 0) is 4.79 Å². The average Bonchev–Trinajstić information content (AvgIpc) is 2.46. The molecule has 0 atom stereocenters. The maximum absolute atomic E-state index is 12.9. The first-order valence-corrected chi connectivity index (χ1v) is 8.48. The van der Waals surface area contributed by atoms with Crippen LogP contribution in [0.2, 0.25) is 0 Å². The van der Waals surface area contributed by atoms with Gasteiger partial charge in [0.1, 0.15) is 0 Å². The normalized spacial score (nSPS) is 23.4. The minimum Gasteiger partial charge on any atom is -0.341 e. The summed E-state index contributed by atoms with van der Waals surface area (Å²) in [6, 6.07) is 0. The van der Waals surface area contributed by atoms with Gasteiger partial charge in [0.2, 0.25) is 5.91 Å². The fourth-order valence-electron chi connectivity index (χ4n) is 3.69. The zero-order chi connectivity index (χ0) is 15.7. The first kappa shape index (κ1) is 16.8. The van der Waals surface area contributed by atoms with Crippen molar-refractivity contribution in [2.75, 3.05) is 39.3 Å². The summed E-state index contributed by atoms with van der Waals surface area (Å²) in [5, 5.41) is 3.36. The summed E-state index contributed by atoms with van der Waals surface area (Å²) < 4.78 is 0. The fraction of sp³-hybridized carbons (Fsp3) is 0.941. The maximum atomic E-state index is 12.9. The first-order valence-electron chi connectivity index (χ1n) is 8.48. The Bertz CT molecular complexity index is 359. The van der Waals surface area contributed by atoms with Crippen molar-refractivity contribution in [1.29, 1.82) is 0 Å². The highest BCUT2D eigenvalue weighted by Crippen LogP contribution is 2.35. The van der Waals surface area contributed by atoms with Crippen molar-refractivity contribution in [1.82, 2.24) is 15.1 Å². The molecule has 1 N–H and O–H groups in total. The summed E-state index contributed by atoms with van der Waals surface area (Å²) in [5.41, 5.74) is -0.000135. The highest BCUT2D eigenvalue weighted by atomic mass is 16.2. The van der Waals surface area contributed by atoms with Crippen molar-refractivity contribution in [3.05, 3.63) is 0 Å². The molecule has 0 spiro atoms. The summed E-state index contributed by atoms with van der Waals surface area (Å²) in [6.45, 7) is 16.9. The van der Waals surface area contributed by atoms with Gasteiger partial charge >= 0.3 is 0 Å². The standard InChI is InChI=1S/C17H33N3O/c1-16(2,3)14-6-10-19(11-7-14)15(21)17(4,5)20-12-8-18-9-13-20/h14,18H,6-13H2,1-5H3. The molecular weight excluding hydrogens is 262 g/mol. The van der Waals surface area contributed by atoms with Gasteiger partial charge in [-0.2, -0.15) is 0 Å². The predicted molar refractivity (Wildman–Crippen MR) is 87.3 cm³/mol. The minimum atomic E-state index is -0.364. The Morgan fingerprint density at radius 2 is 1.48 bits per heavy atom. The van der Waals surface area contributed by atoms with E-state index in [4.69, 9.17) is 0 Å². The number of rotatable bonds is 2. The van der Waals surface area contributed by atoms with Crippen LogP contribution in [-0.4, -0.2) is 60.5 Å². The SMILES string of the molecule is CC(C)(C)C1CCN(C(=O)C(C)(C)N2CCNCC2)CC1.